The molecule has 1 radical (unpaired) electrons. The number of amidine groups is 1. The molecule has 0 heterocycles. The van der Waals surface area contributed by atoms with Crippen molar-refractivity contribution in [3.8, 4) is 0 Å². The number of carbonyl (C=O) groups is 1. The van der Waals surface area contributed by atoms with E-state index in [0.717, 1.165) is 0 Å². The van der Waals surface area contributed by atoms with Crippen LogP contribution in [-0.4, -0.2) is 18.0 Å². The summed E-state index contributed by atoms with van der Waals surface area (Å²) in [6.07, 6.45) is 1.73. The lowest BCUT2D eigenvalue weighted by Crippen LogP contribution is -2.27. The first-order valence-electron chi connectivity index (χ1n) is 3.98. The van der Waals surface area contributed by atoms with E-state index in [4.69, 9.17) is 5.41 Å². The van der Waals surface area contributed by atoms with E-state index >= 15 is 0 Å². The fourth-order valence-corrected chi connectivity index (χ4v) is 0.953. The van der Waals surface area contributed by atoms with Gasteiger partial charge in [0.25, 0.3) is 0 Å². The Kier molecular flexibility index (Phi) is 3.12. The van der Waals surface area contributed by atoms with Gasteiger partial charge in [-0.1, -0.05) is 24.3 Å². The quantitative estimate of drug-likeness (QED) is 0.528. The summed E-state index contributed by atoms with van der Waals surface area (Å²) in [5, 5.41) is 9.80. The minimum Gasteiger partial charge on any atom is -0.311 e. The van der Waals surface area contributed by atoms with Crippen LogP contribution >= 0.6 is 0 Å². The zero-order valence-corrected chi connectivity index (χ0v) is 7.63. The first kappa shape index (κ1) is 10.1. The molecule has 4 heteroatoms. The number of hydrogen-bond acceptors (Lipinski definition) is 3. The van der Waals surface area contributed by atoms with Gasteiger partial charge in [-0.05, 0) is 0 Å². The van der Waals surface area contributed by atoms with Gasteiger partial charge < -0.3 is 5.32 Å². The average molecular weight is 189 g/mol. The van der Waals surface area contributed by atoms with Gasteiger partial charge in [-0.3, -0.25) is 15.0 Å². The largest absolute Gasteiger partial charge is 0.311 e. The van der Waals surface area contributed by atoms with Crippen LogP contribution in [0.3, 0.4) is 0 Å². The molecule has 0 bridgehead atoms. The Bertz CT molecular complexity index is 368. The van der Waals surface area contributed by atoms with E-state index in [1.165, 1.54) is 6.92 Å². The molecule has 0 saturated heterocycles. The van der Waals surface area contributed by atoms with Crippen LogP contribution in [0.2, 0.25) is 0 Å². The third kappa shape index (κ3) is 2.52. The van der Waals surface area contributed by atoms with E-state index in [1.54, 1.807) is 30.6 Å². The first-order valence-corrected chi connectivity index (χ1v) is 3.98. The van der Waals surface area contributed by atoms with Crippen LogP contribution in [0.1, 0.15) is 18.1 Å². The Labute approximate surface area is 81.4 Å². The van der Waals surface area contributed by atoms with Crippen molar-refractivity contribution >= 4 is 18.0 Å². The van der Waals surface area contributed by atoms with Gasteiger partial charge in [-0.15, -0.1) is 0 Å². The molecule has 0 spiro atoms. The normalized spacial score (nSPS) is 9.21. The molecular weight excluding hydrogens is 180 g/mol. The predicted octanol–water partition coefficient (Wildman–Crippen LogP) is 0.606. The Balaban J connectivity index is 2.81. The summed E-state index contributed by atoms with van der Waals surface area (Å²) in [6.45, 7) is 1.34. The maximum absolute atomic E-state index is 10.6. The molecule has 14 heavy (non-hydrogen) atoms. The summed E-state index contributed by atoms with van der Waals surface area (Å²) in [6, 6.07) is 6.24. The van der Waals surface area contributed by atoms with Crippen molar-refractivity contribution < 1.29 is 9.59 Å². The van der Waals surface area contributed by atoms with Gasteiger partial charge in [0.15, 0.2) is 0 Å². The topological polar surface area (TPSA) is 70.0 Å². The molecule has 4 nitrogen and oxygen atoms in total. The van der Waals surface area contributed by atoms with Crippen LogP contribution in [0.5, 0.6) is 0 Å². The summed E-state index contributed by atoms with van der Waals surface area (Å²) in [4.78, 5) is 20.9. The highest BCUT2D eigenvalue weighted by molar-refractivity contribution is 6.05. The predicted molar refractivity (Wildman–Crippen MR) is 51.9 cm³/mol. The second-order valence-electron chi connectivity index (χ2n) is 2.74. The van der Waals surface area contributed by atoms with Crippen molar-refractivity contribution in [1.82, 2.24) is 5.32 Å². The molecule has 1 aromatic rings. The van der Waals surface area contributed by atoms with E-state index < -0.39 is 0 Å². The van der Waals surface area contributed by atoms with Crippen LogP contribution in [0.15, 0.2) is 24.3 Å². The van der Waals surface area contributed by atoms with Crippen LogP contribution < -0.4 is 5.32 Å². The average Bonchev–Trinajstić information content (AvgIpc) is 2.17. The number of benzene rings is 1. The van der Waals surface area contributed by atoms with Crippen LogP contribution in [0, 0.1) is 5.41 Å². The maximum Gasteiger partial charge on any atom is 0.233 e. The van der Waals surface area contributed by atoms with Crippen LogP contribution in [-0.2, 0) is 9.59 Å². The Morgan fingerprint density at radius 3 is 2.36 bits per heavy atom. The van der Waals surface area contributed by atoms with E-state index in [1.807, 2.05) is 0 Å². The molecule has 0 aliphatic rings. The summed E-state index contributed by atoms with van der Waals surface area (Å²) < 4.78 is 0. The lowest BCUT2D eigenvalue weighted by Gasteiger charge is -2.03. The molecule has 0 fully saturated rings. The number of rotatable bonds is 2. The molecule has 0 aromatic heterocycles. The smallest absolute Gasteiger partial charge is 0.233 e. The second-order valence-corrected chi connectivity index (χ2v) is 2.74. The van der Waals surface area contributed by atoms with Crippen molar-refractivity contribution in [3.63, 3.8) is 0 Å². The van der Waals surface area contributed by atoms with Gasteiger partial charge >= 0.3 is 0 Å². The molecule has 1 amide bonds. The Morgan fingerprint density at radius 1 is 1.36 bits per heavy atom. The molecule has 1 rings (SSSR count). The van der Waals surface area contributed by atoms with E-state index in [9.17, 15) is 9.59 Å². The van der Waals surface area contributed by atoms with E-state index in [2.05, 4.69) is 5.32 Å². The fraction of sp³-hybridized carbons (Fsp3) is 0.100. The lowest BCUT2D eigenvalue weighted by molar-refractivity contribution is -0.117. The van der Waals surface area contributed by atoms with Crippen LogP contribution in [0.25, 0.3) is 0 Å². The summed E-state index contributed by atoms with van der Waals surface area (Å²) >= 11 is 0. The molecule has 0 saturated carbocycles. The molecule has 1 aromatic carbocycles. The highest BCUT2D eigenvalue weighted by Crippen LogP contribution is 2.01. The SMILES string of the molecule is CC(=O)NC(=N)c1ccc([C]=O)cc1. The molecule has 71 valence electrons. The molecule has 0 unspecified atom stereocenters. The third-order valence-electron chi connectivity index (χ3n) is 1.59. The van der Waals surface area contributed by atoms with Gasteiger partial charge in [-0.2, -0.15) is 0 Å². The zero-order valence-electron chi connectivity index (χ0n) is 7.63. The molecule has 2 N–H and O–H groups in total. The molecule has 0 atom stereocenters. The van der Waals surface area contributed by atoms with Crippen molar-refractivity contribution in [1.29, 1.82) is 5.41 Å². The molecular formula is C10H9N2O2. The van der Waals surface area contributed by atoms with E-state index in [-0.39, 0.29) is 11.7 Å². The molecule has 0 aliphatic heterocycles. The van der Waals surface area contributed by atoms with Crippen molar-refractivity contribution in [2.75, 3.05) is 0 Å². The Morgan fingerprint density at radius 2 is 1.93 bits per heavy atom. The number of nitrogens with one attached hydrogen (secondary N) is 2. The fourth-order valence-electron chi connectivity index (χ4n) is 0.953. The first-order chi connectivity index (χ1) is 6.63. The number of carbonyl (C=O) groups excluding carboxylic acids is 2. The second kappa shape index (κ2) is 4.32. The van der Waals surface area contributed by atoms with Gasteiger partial charge in [0.2, 0.25) is 12.2 Å². The monoisotopic (exact) mass is 189 g/mol. The van der Waals surface area contributed by atoms with Gasteiger partial charge in [0.05, 0.1) is 0 Å². The highest BCUT2D eigenvalue weighted by Gasteiger charge is 2.02. The maximum atomic E-state index is 10.6. The van der Waals surface area contributed by atoms with Crippen molar-refractivity contribution in [2.24, 2.45) is 0 Å². The van der Waals surface area contributed by atoms with Crippen molar-refractivity contribution in [3.05, 3.63) is 35.4 Å². The number of amides is 1. The zero-order chi connectivity index (χ0) is 10.6. The summed E-state index contributed by atoms with van der Waals surface area (Å²) in [5.41, 5.74) is 0.976. The van der Waals surface area contributed by atoms with Crippen molar-refractivity contribution in [2.45, 2.75) is 6.92 Å². The van der Waals surface area contributed by atoms with Gasteiger partial charge in [-0.25, -0.2) is 0 Å². The minimum absolute atomic E-state index is 0.0231. The van der Waals surface area contributed by atoms with Gasteiger partial charge in [0.1, 0.15) is 5.84 Å². The van der Waals surface area contributed by atoms with E-state index in [0.29, 0.717) is 11.1 Å². The number of hydrogen-bond donors (Lipinski definition) is 2. The molecule has 0 aliphatic carbocycles. The highest BCUT2D eigenvalue weighted by atomic mass is 16.1. The summed E-state index contributed by atoms with van der Waals surface area (Å²) in [5.74, 6) is -0.268. The standard InChI is InChI=1S/C10H9N2O2/c1-7(14)12-10(11)9-4-2-8(6-13)3-5-9/h2-5H,1H3,(H2,11,12,14). The third-order valence-corrected chi connectivity index (χ3v) is 1.59. The lowest BCUT2D eigenvalue weighted by atomic mass is 10.1. The Hall–Kier alpha value is -1.97. The summed E-state index contributed by atoms with van der Waals surface area (Å²) in [7, 11) is 0. The van der Waals surface area contributed by atoms with Crippen LogP contribution in [0.4, 0.5) is 0 Å². The van der Waals surface area contributed by atoms with Gasteiger partial charge in [0, 0.05) is 18.1 Å². The minimum atomic E-state index is -0.291.